The lowest BCUT2D eigenvalue weighted by Crippen LogP contribution is -2.07. The molecule has 2 heteroatoms. The van der Waals surface area contributed by atoms with Gasteiger partial charge in [0, 0.05) is 12.5 Å². The number of hydrogen-bond donors (Lipinski definition) is 0. The predicted octanol–water partition coefficient (Wildman–Crippen LogP) is 4.91. The summed E-state index contributed by atoms with van der Waals surface area (Å²) in [6, 6.07) is 14.2. The van der Waals surface area contributed by atoms with E-state index >= 15 is 0 Å². The quantitative estimate of drug-likeness (QED) is 0.445. The molecule has 0 bridgehead atoms. The molecule has 0 unspecified atom stereocenters. The molecule has 0 saturated carbocycles. The third-order valence-corrected chi connectivity index (χ3v) is 3.62. The van der Waals surface area contributed by atoms with Crippen molar-refractivity contribution in [3.8, 4) is 5.75 Å². The lowest BCUT2D eigenvalue weighted by molar-refractivity contribution is -0.131. The van der Waals surface area contributed by atoms with E-state index in [1.807, 2.05) is 48.6 Å². The first-order chi connectivity index (χ1) is 10.7. The van der Waals surface area contributed by atoms with Gasteiger partial charge in [-0.1, -0.05) is 68.5 Å². The summed E-state index contributed by atoms with van der Waals surface area (Å²) >= 11 is 0. The van der Waals surface area contributed by atoms with Crippen molar-refractivity contribution in [2.45, 2.75) is 33.6 Å². The highest BCUT2D eigenvalue weighted by atomic mass is 16.5. The summed E-state index contributed by atoms with van der Waals surface area (Å²) < 4.78 is 5.51. The molecule has 0 aliphatic heterocycles. The van der Waals surface area contributed by atoms with Gasteiger partial charge in [0.2, 0.25) is 0 Å². The molecule has 0 radical (unpaired) electrons. The van der Waals surface area contributed by atoms with Crippen molar-refractivity contribution in [3.63, 3.8) is 0 Å². The van der Waals surface area contributed by atoms with Crippen LogP contribution in [0, 0.1) is 0 Å². The lowest BCUT2D eigenvalue weighted by Gasteiger charge is -2.15. The van der Waals surface area contributed by atoms with Crippen LogP contribution in [0.2, 0.25) is 0 Å². The number of aryl methyl sites for hydroxylation is 1. The highest BCUT2D eigenvalue weighted by Crippen LogP contribution is 2.30. The first-order valence-corrected chi connectivity index (χ1v) is 7.72. The zero-order valence-electron chi connectivity index (χ0n) is 13.4. The van der Waals surface area contributed by atoms with Crippen LogP contribution in [0.5, 0.6) is 5.75 Å². The Morgan fingerprint density at radius 2 is 1.73 bits per heavy atom. The third-order valence-electron chi connectivity index (χ3n) is 3.62. The van der Waals surface area contributed by atoms with Crippen LogP contribution in [-0.2, 0) is 17.6 Å². The van der Waals surface area contributed by atoms with Gasteiger partial charge < -0.3 is 4.74 Å². The molecule has 0 fully saturated rings. The van der Waals surface area contributed by atoms with Crippen LogP contribution in [0.3, 0.4) is 0 Å². The Morgan fingerprint density at radius 3 is 2.32 bits per heavy atom. The molecule has 0 saturated heterocycles. The molecule has 2 aromatic rings. The second-order valence-electron chi connectivity index (χ2n) is 5.17. The Bertz CT molecular complexity index is 670. The van der Waals surface area contributed by atoms with Gasteiger partial charge in [-0.25, -0.2) is 0 Å². The number of carbonyl (C=O) groups is 1. The van der Waals surface area contributed by atoms with E-state index in [-0.39, 0.29) is 5.97 Å². The van der Waals surface area contributed by atoms with Crippen molar-refractivity contribution in [2.75, 3.05) is 0 Å². The van der Waals surface area contributed by atoms with Crippen LogP contribution < -0.4 is 4.74 Å². The molecular weight excluding hydrogens is 272 g/mol. The SMILES string of the molecule is CCc1ccc(C=Cc2ccccc2)c(OC(C)=O)c1CC. The van der Waals surface area contributed by atoms with Gasteiger partial charge in [0.05, 0.1) is 0 Å². The number of hydrogen-bond acceptors (Lipinski definition) is 2. The van der Waals surface area contributed by atoms with Gasteiger partial charge in [-0.15, -0.1) is 0 Å². The van der Waals surface area contributed by atoms with E-state index in [2.05, 4.69) is 19.9 Å². The first-order valence-electron chi connectivity index (χ1n) is 7.72. The highest BCUT2D eigenvalue weighted by molar-refractivity contribution is 5.77. The van der Waals surface area contributed by atoms with Crippen molar-refractivity contribution in [2.24, 2.45) is 0 Å². The van der Waals surface area contributed by atoms with Gasteiger partial charge >= 0.3 is 5.97 Å². The van der Waals surface area contributed by atoms with Crippen molar-refractivity contribution >= 4 is 18.1 Å². The number of rotatable bonds is 5. The van der Waals surface area contributed by atoms with Crippen molar-refractivity contribution < 1.29 is 9.53 Å². The lowest BCUT2D eigenvalue weighted by atomic mass is 9.97. The van der Waals surface area contributed by atoms with Gasteiger partial charge in [0.25, 0.3) is 0 Å². The van der Waals surface area contributed by atoms with Gasteiger partial charge in [-0.3, -0.25) is 4.79 Å². The van der Waals surface area contributed by atoms with Crippen LogP contribution in [0.15, 0.2) is 42.5 Å². The zero-order chi connectivity index (χ0) is 15.9. The predicted molar refractivity (Wildman–Crippen MR) is 91.9 cm³/mol. The molecule has 0 atom stereocenters. The summed E-state index contributed by atoms with van der Waals surface area (Å²) in [6.07, 6.45) is 5.82. The monoisotopic (exact) mass is 294 g/mol. The fourth-order valence-corrected chi connectivity index (χ4v) is 2.55. The molecule has 114 valence electrons. The largest absolute Gasteiger partial charge is 0.426 e. The summed E-state index contributed by atoms with van der Waals surface area (Å²) in [6.45, 7) is 5.65. The molecule has 0 aliphatic rings. The Labute approximate surface area is 132 Å². The van der Waals surface area contributed by atoms with E-state index in [0.29, 0.717) is 5.75 Å². The van der Waals surface area contributed by atoms with Gasteiger partial charge in [0.1, 0.15) is 5.75 Å². The highest BCUT2D eigenvalue weighted by Gasteiger charge is 2.13. The molecule has 2 rings (SSSR count). The van der Waals surface area contributed by atoms with Gasteiger partial charge in [-0.2, -0.15) is 0 Å². The minimum absolute atomic E-state index is 0.280. The summed E-state index contributed by atoms with van der Waals surface area (Å²) in [7, 11) is 0. The van der Waals surface area contributed by atoms with Crippen LogP contribution in [0.4, 0.5) is 0 Å². The Hall–Kier alpha value is -2.35. The minimum Gasteiger partial charge on any atom is -0.426 e. The summed E-state index contributed by atoms with van der Waals surface area (Å²) in [4.78, 5) is 11.5. The standard InChI is InChI=1S/C20H22O2/c1-4-17-13-14-18(12-11-16-9-7-6-8-10-16)20(19(17)5-2)22-15(3)21/h6-14H,4-5H2,1-3H3. The van der Waals surface area contributed by atoms with Gasteiger partial charge in [0.15, 0.2) is 0 Å². The molecule has 0 spiro atoms. The molecule has 0 aliphatic carbocycles. The molecule has 0 aromatic heterocycles. The number of esters is 1. The normalized spacial score (nSPS) is 10.9. The molecule has 0 N–H and O–H groups in total. The van der Waals surface area contributed by atoms with E-state index in [1.165, 1.54) is 12.5 Å². The second kappa shape index (κ2) is 7.60. The van der Waals surface area contributed by atoms with E-state index in [9.17, 15) is 4.79 Å². The Kier molecular flexibility index (Phi) is 5.54. The zero-order valence-corrected chi connectivity index (χ0v) is 13.4. The second-order valence-corrected chi connectivity index (χ2v) is 5.17. The molecule has 2 aromatic carbocycles. The average molecular weight is 294 g/mol. The van der Waals surface area contributed by atoms with Crippen molar-refractivity contribution in [1.82, 2.24) is 0 Å². The maximum Gasteiger partial charge on any atom is 0.308 e. The Morgan fingerprint density at radius 1 is 1.00 bits per heavy atom. The topological polar surface area (TPSA) is 26.3 Å². The number of benzene rings is 2. The fraction of sp³-hybridized carbons (Fsp3) is 0.250. The molecule has 22 heavy (non-hydrogen) atoms. The number of ether oxygens (including phenoxy) is 1. The van der Waals surface area contributed by atoms with E-state index in [1.54, 1.807) is 0 Å². The van der Waals surface area contributed by atoms with Crippen LogP contribution in [-0.4, -0.2) is 5.97 Å². The molecule has 2 nitrogen and oxygen atoms in total. The summed E-state index contributed by atoms with van der Waals surface area (Å²) in [5.74, 6) is 0.416. The van der Waals surface area contributed by atoms with Crippen molar-refractivity contribution in [1.29, 1.82) is 0 Å². The van der Waals surface area contributed by atoms with E-state index < -0.39 is 0 Å². The van der Waals surface area contributed by atoms with Gasteiger partial charge in [-0.05, 0) is 29.5 Å². The minimum atomic E-state index is -0.280. The average Bonchev–Trinajstić information content (AvgIpc) is 2.53. The van der Waals surface area contributed by atoms with Crippen molar-refractivity contribution in [3.05, 3.63) is 64.7 Å². The van der Waals surface area contributed by atoms with Crippen LogP contribution in [0.1, 0.15) is 43.0 Å². The maximum atomic E-state index is 11.5. The molecular formula is C20H22O2. The summed E-state index contributed by atoms with van der Waals surface area (Å²) in [5, 5.41) is 0. The third kappa shape index (κ3) is 3.85. The first kappa shape index (κ1) is 16.0. The Balaban J connectivity index is 2.45. The smallest absolute Gasteiger partial charge is 0.308 e. The van der Waals surface area contributed by atoms with E-state index in [4.69, 9.17) is 4.74 Å². The maximum absolute atomic E-state index is 11.5. The number of carbonyl (C=O) groups excluding carboxylic acids is 1. The molecule has 0 heterocycles. The van der Waals surface area contributed by atoms with Crippen LogP contribution >= 0.6 is 0 Å². The fourth-order valence-electron chi connectivity index (χ4n) is 2.55. The van der Waals surface area contributed by atoms with E-state index in [0.717, 1.165) is 29.5 Å². The van der Waals surface area contributed by atoms with Crippen LogP contribution in [0.25, 0.3) is 12.2 Å². The summed E-state index contributed by atoms with van der Waals surface area (Å²) in [5.41, 5.74) is 4.41. The molecule has 0 amide bonds.